The Labute approximate surface area is 94.4 Å². The maximum atomic E-state index is 12.3. The molecule has 0 aliphatic carbocycles. The number of hydroxylamine groups is 4. The Morgan fingerprint density at radius 3 is 1.31 bits per heavy atom. The average Bonchev–Trinajstić information content (AvgIpc) is 2.28. The Bertz CT molecular complexity index is 158. The van der Waals surface area contributed by atoms with Gasteiger partial charge in [-0.15, -0.1) is 0 Å². The molecule has 96 valence electrons. The fraction of sp³-hybridized carbons (Fsp3) is 1.00. The minimum absolute atomic E-state index is 0.483. The molecule has 16 heavy (non-hydrogen) atoms. The Morgan fingerprint density at radius 1 is 0.750 bits per heavy atom. The summed E-state index contributed by atoms with van der Waals surface area (Å²) in [6, 6.07) is 0. The number of nitrogens with zero attached hydrogens (tertiary/aromatic N) is 2. The quantitative estimate of drug-likeness (QED) is 0.636. The van der Waals surface area contributed by atoms with E-state index in [0.29, 0.717) is 25.9 Å². The van der Waals surface area contributed by atoms with Gasteiger partial charge in [0.1, 0.15) is 0 Å². The van der Waals surface area contributed by atoms with Crippen molar-refractivity contribution in [1.29, 1.82) is 0 Å². The molecule has 2 saturated heterocycles. The van der Waals surface area contributed by atoms with Crippen molar-refractivity contribution in [2.75, 3.05) is 13.1 Å². The third-order valence-corrected chi connectivity index (χ3v) is 2.81. The van der Waals surface area contributed by atoms with Crippen molar-refractivity contribution in [3.8, 4) is 0 Å². The van der Waals surface area contributed by atoms with Crippen LogP contribution >= 0.6 is 0 Å². The van der Waals surface area contributed by atoms with Gasteiger partial charge >= 0.3 is 0 Å². The predicted octanol–water partition coefficient (Wildman–Crippen LogP) is 2.31. The molecular formula is C10H20F2N2O2. The van der Waals surface area contributed by atoms with E-state index in [1.54, 1.807) is 0 Å². The van der Waals surface area contributed by atoms with Crippen LogP contribution in [0, 0.1) is 0 Å². The monoisotopic (exact) mass is 238 g/mol. The van der Waals surface area contributed by atoms with E-state index >= 15 is 0 Å². The third kappa shape index (κ3) is 4.69. The van der Waals surface area contributed by atoms with Crippen molar-refractivity contribution in [3.05, 3.63) is 0 Å². The molecule has 2 aliphatic heterocycles. The standard InChI is InChI=1S/2C5H10FNO/c2*6-5-3-1-2-4-7(5)8/h2*5,8H,1-4H2. The van der Waals surface area contributed by atoms with E-state index in [0.717, 1.165) is 35.8 Å². The molecule has 0 bridgehead atoms. The van der Waals surface area contributed by atoms with E-state index in [4.69, 9.17) is 10.4 Å². The topological polar surface area (TPSA) is 46.9 Å². The fourth-order valence-electron chi connectivity index (χ4n) is 1.75. The van der Waals surface area contributed by atoms with Gasteiger partial charge in [-0.25, -0.2) is 8.78 Å². The van der Waals surface area contributed by atoms with E-state index in [-0.39, 0.29) is 0 Å². The lowest BCUT2D eigenvalue weighted by Crippen LogP contribution is -2.33. The molecule has 0 saturated carbocycles. The summed E-state index contributed by atoms with van der Waals surface area (Å²) in [6.07, 6.45) is 2.38. The van der Waals surface area contributed by atoms with Crippen LogP contribution in [-0.4, -0.2) is 46.2 Å². The summed E-state index contributed by atoms with van der Waals surface area (Å²) >= 11 is 0. The van der Waals surface area contributed by atoms with Crippen LogP contribution in [0.4, 0.5) is 8.78 Å². The van der Waals surface area contributed by atoms with Gasteiger partial charge in [0.25, 0.3) is 0 Å². The molecular weight excluding hydrogens is 218 g/mol. The van der Waals surface area contributed by atoms with Crippen molar-refractivity contribution in [2.45, 2.75) is 51.1 Å². The molecule has 2 N–H and O–H groups in total. The summed E-state index contributed by atoms with van der Waals surface area (Å²) in [4.78, 5) is 0. The Kier molecular flexibility index (Phi) is 6.12. The third-order valence-electron chi connectivity index (χ3n) is 2.81. The van der Waals surface area contributed by atoms with E-state index in [1.165, 1.54) is 0 Å². The molecule has 4 nitrogen and oxygen atoms in total. The second-order valence-corrected chi connectivity index (χ2v) is 4.19. The maximum absolute atomic E-state index is 12.3. The number of halogens is 2. The van der Waals surface area contributed by atoms with Crippen LogP contribution in [0.3, 0.4) is 0 Å². The Hall–Kier alpha value is -0.300. The number of rotatable bonds is 0. The van der Waals surface area contributed by atoms with Crippen LogP contribution in [-0.2, 0) is 0 Å². The van der Waals surface area contributed by atoms with Gasteiger partial charge < -0.3 is 10.4 Å². The SMILES string of the molecule is ON1CCCCC1F.ON1CCCCC1F. The van der Waals surface area contributed by atoms with Crippen molar-refractivity contribution in [3.63, 3.8) is 0 Å². The molecule has 2 fully saturated rings. The smallest absolute Gasteiger partial charge is 0.175 e. The number of hydrogen-bond acceptors (Lipinski definition) is 4. The summed E-state index contributed by atoms with van der Waals surface area (Å²) in [5, 5.41) is 18.8. The molecule has 0 spiro atoms. The molecule has 6 heteroatoms. The van der Waals surface area contributed by atoms with Crippen LogP contribution < -0.4 is 0 Å². The van der Waals surface area contributed by atoms with Crippen LogP contribution in [0.1, 0.15) is 38.5 Å². The highest BCUT2D eigenvalue weighted by Gasteiger charge is 2.19. The fourth-order valence-corrected chi connectivity index (χ4v) is 1.75. The van der Waals surface area contributed by atoms with Gasteiger partial charge in [0.05, 0.1) is 0 Å². The second-order valence-electron chi connectivity index (χ2n) is 4.19. The van der Waals surface area contributed by atoms with Crippen LogP contribution in [0.2, 0.25) is 0 Å². The number of piperidine rings is 2. The Balaban J connectivity index is 0.000000160. The van der Waals surface area contributed by atoms with Crippen LogP contribution in [0.25, 0.3) is 0 Å². The molecule has 0 aromatic carbocycles. The first-order valence-corrected chi connectivity index (χ1v) is 5.80. The highest BCUT2D eigenvalue weighted by atomic mass is 19.1. The van der Waals surface area contributed by atoms with Gasteiger partial charge in [-0.1, -0.05) is 0 Å². The summed E-state index contributed by atoms with van der Waals surface area (Å²) in [5.74, 6) is 0. The Morgan fingerprint density at radius 2 is 1.12 bits per heavy atom. The molecule has 2 aliphatic rings. The first-order valence-electron chi connectivity index (χ1n) is 5.80. The van der Waals surface area contributed by atoms with E-state index in [9.17, 15) is 8.78 Å². The highest BCUT2D eigenvalue weighted by molar-refractivity contribution is 4.60. The van der Waals surface area contributed by atoms with Gasteiger partial charge in [0.15, 0.2) is 12.6 Å². The van der Waals surface area contributed by atoms with Crippen LogP contribution in [0.5, 0.6) is 0 Å². The lowest BCUT2D eigenvalue weighted by Gasteiger charge is -2.23. The van der Waals surface area contributed by atoms with Gasteiger partial charge in [0.2, 0.25) is 0 Å². The molecule has 2 unspecified atom stereocenters. The van der Waals surface area contributed by atoms with Crippen LogP contribution in [0.15, 0.2) is 0 Å². The highest BCUT2D eigenvalue weighted by Crippen LogP contribution is 2.15. The molecule has 2 heterocycles. The van der Waals surface area contributed by atoms with E-state index < -0.39 is 12.6 Å². The van der Waals surface area contributed by atoms with Crippen molar-refractivity contribution >= 4 is 0 Å². The predicted molar refractivity (Wildman–Crippen MR) is 54.5 cm³/mol. The zero-order valence-corrected chi connectivity index (χ0v) is 9.36. The summed E-state index contributed by atoms with van der Waals surface area (Å²) in [5.41, 5.74) is 0. The zero-order chi connectivity index (χ0) is 12.0. The van der Waals surface area contributed by atoms with Crippen molar-refractivity contribution in [1.82, 2.24) is 10.1 Å². The lowest BCUT2D eigenvalue weighted by atomic mass is 10.1. The maximum Gasteiger partial charge on any atom is 0.175 e. The second kappa shape index (κ2) is 7.11. The van der Waals surface area contributed by atoms with Crippen molar-refractivity contribution < 1.29 is 19.2 Å². The van der Waals surface area contributed by atoms with Gasteiger partial charge in [-0.05, 0) is 38.5 Å². The van der Waals surface area contributed by atoms with E-state index in [2.05, 4.69) is 0 Å². The summed E-state index contributed by atoms with van der Waals surface area (Å²) in [7, 11) is 0. The van der Waals surface area contributed by atoms with Crippen molar-refractivity contribution in [2.24, 2.45) is 0 Å². The lowest BCUT2D eigenvalue weighted by molar-refractivity contribution is -0.181. The molecule has 2 atom stereocenters. The van der Waals surface area contributed by atoms with Gasteiger partial charge in [0, 0.05) is 13.1 Å². The first-order chi connectivity index (χ1) is 7.61. The molecule has 0 aromatic rings. The van der Waals surface area contributed by atoms with E-state index in [1.807, 2.05) is 0 Å². The molecule has 0 aromatic heterocycles. The largest absolute Gasteiger partial charge is 0.311 e. The first kappa shape index (κ1) is 13.8. The zero-order valence-electron chi connectivity index (χ0n) is 9.36. The summed E-state index contributed by atoms with van der Waals surface area (Å²) in [6.45, 7) is 0.975. The number of hydrogen-bond donors (Lipinski definition) is 2. The minimum atomic E-state index is -1.11. The molecule has 0 amide bonds. The van der Waals surface area contributed by atoms with Gasteiger partial charge in [-0.2, -0.15) is 10.1 Å². The average molecular weight is 238 g/mol. The normalized spacial score (nSPS) is 33.0. The molecule has 2 rings (SSSR count). The molecule has 0 radical (unpaired) electrons. The minimum Gasteiger partial charge on any atom is -0.311 e. The van der Waals surface area contributed by atoms with Gasteiger partial charge in [-0.3, -0.25) is 0 Å². The summed E-state index contributed by atoms with van der Waals surface area (Å²) < 4.78 is 24.5. The number of alkyl halides is 2.